The van der Waals surface area contributed by atoms with Gasteiger partial charge in [-0.2, -0.15) is 0 Å². The lowest BCUT2D eigenvalue weighted by Crippen LogP contribution is -2.27. The smallest absolute Gasteiger partial charge is 0.242 e. The lowest BCUT2D eigenvalue weighted by atomic mass is 10.1. The van der Waals surface area contributed by atoms with Crippen molar-refractivity contribution in [2.75, 3.05) is 0 Å². The average Bonchev–Trinajstić information content (AvgIpc) is 2.42. The van der Waals surface area contributed by atoms with E-state index in [9.17, 15) is 12.8 Å². The Hall–Kier alpha value is -1.21. The van der Waals surface area contributed by atoms with E-state index in [0.717, 1.165) is 6.20 Å². The molecule has 0 aliphatic carbocycles. The highest BCUT2D eigenvalue weighted by molar-refractivity contribution is 7.89. The SMILES string of the molecule is CC(NS(=O)(=O)c1cnc(Cl)c(Cl)c1)c1ccc(F)cc1. The summed E-state index contributed by atoms with van der Waals surface area (Å²) in [4.78, 5) is 3.61. The van der Waals surface area contributed by atoms with Crippen molar-refractivity contribution in [3.05, 3.63) is 58.1 Å². The number of rotatable bonds is 4. The van der Waals surface area contributed by atoms with E-state index in [1.54, 1.807) is 6.92 Å². The van der Waals surface area contributed by atoms with E-state index < -0.39 is 16.1 Å². The van der Waals surface area contributed by atoms with Crippen LogP contribution in [0.4, 0.5) is 4.39 Å². The molecule has 1 aromatic heterocycles. The Labute approximate surface area is 132 Å². The van der Waals surface area contributed by atoms with Crippen molar-refractivity contribution < 1.29 is 12.8 Å². The molecule has 2 rings (SSSR count). The number of sulfonamides is 1. The van der Waals surface area contributed by atoms with Crippen LogP contribution in [0, 0.1) is 5.82 Å². The summed E-state index contributed by atoms with van der Waals surface area (Å²) in [6.07, 6.45) is 1.12. The third-order valence-electron chi connectivity index (χ3n) is 2.78. The third-order valence-corrected chi connectivity index (χ3v) is 4.98. The number of aromatic nitrogens is 1. The van der Waals surface area contributed by atoms with Crippen molar-refractivity contribution >= 4 is 33.2 Å². The monoisotopic (exact) mass is 348 g/mol. The second-order valence-corrected chi connectivity index (χ2v) is 6.82. The second-order valence-electron chi connectivity index (χ2n) is 4.34. The number of nitrogens with zero attached hydrogens (tertiary/aromatic N) is 1. The quantitative estimate of drug-likeness (QED) is 0.859. The molecule has 112 valence electrons. The second kappa shape index (κ2) is 6.27. The van der Waals surface area contributed by atoms with Crippen molar-refractivity contribution in [3.63, 3.8) is 0 Å². The Bertz CT molecular complexity index is 751. The van der Waals surface area contributed by atoms with Crippen LogP contribution in [0.3, 0.4) is 0 Å². The van der Waals surface area contributed by atoms with Crippen LogP contribution in [0.1, 0.15) is 18.5 Å². The zero-order valence-electron chi connectivity index (χ0n) is 10.8. The first-order valence-corrected chi connectivity index (χ1v) is 8.12. The Morgan fingerprint density at radius 1 is 1.24 bits per heavy atom. The maximum absolute atomic E-state index is 12.9. The minimum Gasteiger partial charge on any atom is -0.242 e. The van der Waals surface area contributed by atoms with Gasteiger partial charge < -0.3 is 0 Å². The molecule has 2 aromatic rings. The molecule has 0 saturated heterocycles. The Morgan fingerprint density at radius 3 is 2.43 bits per heavy atom. The van der Waals surface area contributed by atoms with Crippen LogP contribution in [-0.2, 0) is 10.0 Å². The van der Waals surface area contributed by atoms with Crippen molar-refractivity contribution in [1.29, 1.82) is 0 Å². The van der Waals surface area contributed by atoms with Crippen LogP contribution < -0.4 is 4.72 Å². The molecule has 1 unspecified atom stereocenters. The normalized spacial score (nSPS) is 13.1. The standard InChI is InChI=1S/C13H11Cl2FN2O2S/c1-8(9-2-4-10(16)5-3-9)18-21(19,20)11-6-12(14)13(15)17-7-11/h2-8,18H,1H3. The van der Waals surface area contributed by atoms with Gasteiger partial charge in [0, 0.05) is 12.2 Å². The van der Waals surface area contributed by atoms with Gasteiger partial charge in [0.1, 0.15) is 15.9 Å². The van der Waals surface area contributed by atoms with Crippen LogP contribution in [0.2, 0.25) is 10.2 Å². The molecular formula is C13H11Cl2FN2O2S. The molecule has 4 nitrogen and oxygen atoms in total. The summed E-state index contributed by atoms with van der Waals surface area (Å²) in [6, 6.07) is 6.23. The Balaban J connectivity index is 2.24. The van der Waals surface area contributed by atoms with E-state index in [1.165, 1.54) is 30.3 Å². The van der Waals surface area contributed by atoms with Gasteiger partial charge >= 0.3 is 0 Å². The van der Waals surface area contributed by atoms with Gasteiger partial charge in [0.25, 0.3) is 0 Å². The molecule has 0 aliphatic heterocycles. The topological polar surface area (TPSA) is 59.1 Å². The first kappa shape index (κ1) is 16.2. The summed E-state index contributed by atoms with van der Waals surface area (Å²) in [5, 5.41) is 0.0798. The number of halogens is 3. The zero-order chi connectivity index (χ0) is 15.6. The van der Waals surface area contributed by atoms with Gasteiger partial charge in [0.05, 0.1) is 5.02 Å². The highest BCUT2D eigenvalue weighted by Crippen LogP contribution is 2.23. The lowest BCUT2D eigenvalue weighted by Gasteiger charge is -2.14. The van der Waals surface area contributed by atoms with Crippen molar-refractivity contribution in [3.8, 4) is 0 Å². The zero-order valence-corrected chi connectivity index (χ0v) is 13.2. The van der Waals surface area contributed by atoms with Gasteiger partial charge in [0.2, 0.25) is 10.0 Å². The number of hydrogen-bond acceptors (Lipinski definition) is 3. The predicted molar refractivity (Wildman–Crippen MR) is 79.4 cm³/mol. The minimum absolute atomic E-state index is 0.0298. The molecule has 1 N–H and O–H groups in total. The van der Waals surface area contributed by atoms with E-state index in [4.69, 9.17) is 23.2 Å². The number of hydrogen-bond donors (Lipinski definition) is 1. The van der Waals surface area contributed by atoms with E-state index >= 15 is 0 Å². The molecule has 1 atom stereocenters. The molecule has 0 radical (unpaired) electrons. The summed E-state index contributed by atoms with van der Waals surface area (Å²) in [5.74, 6) is -0.387. The van der Waals surface area contributed by atoms with E-state index in [2.05, 4.69) is 9.71 Å². The fourth-order valence-corrected chi connectivity index (χ4v) is 3.21. The molecule has 0 saturated carbocycles. The number of pyridine rings is 1. The molecule has 0 amide bonds. The van der Waals surface area contributed by atoms with Crippen LogP contribution in [0.5, 0.6) is 0 Å². The highest BCUT2D eigenvalue weighted by atomic mass is 35.5. The molecule has 8 heteroatoms. The molecule has 0 bridgehead atoms. The first-order valence-electron chi connectivity index (χ1n) is 5.88. The summed E-state index contributed by atoms with van der Waals surface area (Å²) >= 11 is 11.4. The van der Waals surface area contributed by atoms with Crippen LogP contribution in [0.15, 0.2) is 41.4 Å². The maximum Gasteiger partial charge on any atom is 0.242 e. The Morgan fingerprint density at radius 2 is 1.86 bits per heavy atom. The molecular weight excluding hydrogens is 338 g/mol. The molecule has 0 fully saturated rings. The number of nitrogens with one attached hydrogen (secondary N) is 1. The number of benzene rings is 1. The average molecular weight is 349 g/mol. The third kappa shape index (κ3) is 3.91. The van der Waals surface area contributed by atoms with E-state index in [1.807, 2.05) is 0 Å². The molecule has 0 aliphatic rings. The summed E-state index contributed by atoms with van der Waals surface area (Å²) in [7, 11) is -3.81. The van der Waals surface area contributed by atoms with Crippen molar-refractivity contribution in [2.24, 2.45) is 0 Å². The molecule has 1 heterocycles. The van der Waals surface area contributed by atoms with Gasteiger partial charge in [-0.1, -0.05) is 35.3 Å². The summed E-state index contributed by atoms with van der Waals surface area (Å²) in [6.45, 7) is 1.65. The minimum atomic E-state index is -3.81. The van der Waals surface area contributed by atoms with Crippen LogP contribution in [-0.4, -0.2) is 13.4 Å². The first-order chi connectivity index (χ1) is 9.79. The van der Waals surface area contributed by atoms with Gasteiger partial charge in [-0.3, -0.25) is 0 Å². The molecule has 1 aromatic carbocycles. The predicted octanol–water partition coefficient (Wildman–Crippen LogP) is 3.57. The van der Waals surface area contributed by atoms with E-state index in [-0.39, 0.29) is 20.9 Å². The Kier molecular flexibility index (Phi) is 4.83. The summed E-state index contributed by atoms with van der Waals surface area (Å²) < 4.78 is 39.8. The van der Waals surface area contributed by atoms with Crippen LogP contribution >= 0.6 is 23.2 Å². The van der Waals surface area contributed by atoms with Gasteiger partial charge in [0.15, 0.2) is 0 Å². The van der Waals surface area contributed by atoms with Gasteiger partial charge in [-0.25, -0.2) is 22.5 Å². The van der Waals surface area contributed by atoms with Gasteiger partial charge in [-0.15, -0.1) is 0 Å². The van der Waals surface area contributed by atoms with E-state index in [0.29, 0.717) is 5.56 Å². The van der Waals surface area contributed by atoms with Crippen molar-refractivity contribution in [1.82, 2.24) is 9.71 Å². The maximum atomic E-state index is 12.9. The molecule has 21 heavy (non-hydrogen) atoms. The lowest BCUT2D eigenvalue weighted by molar-refractivity contribution is 0.566. The molecule has 0 spiro atoms. The largest absolute Gasteiger partial charge is 0.242 e. The summed E-state index contributed by atoms with van der Waals surface area (Å²) in [5.41, 5.74) is 0.632. The van der Waals surface area contributed by atoms with Crippen LogP contribution in [0.25, 0.3) is 0 Å². The fourth-order valence-electron chi connectivity index (χ4n) is 1.67. The van der Waals surface area contributed by atoms with Crippen molar-refractivity contribution in [2.45, 2.75) is 17.9 Å². The fraction of sp³-hybridized carbons (Fsp3) is 0.154. The highest BCUT2D eigenvalue weighted by Gasteiger charge is 2.20. The van der Waals surface area contributed by atoms with Gasteiger partial charge in [-0.05, 0) is 30.7 Å².